The van der Waals surface area contributed by atoms with Crippen LogP contribution in [0.25, 0.3) is 15.9 Å². The Morgan fingerprint density at radius 3 is 2.28 bits per heavy atom. The molecule has 0 N–H and O–H groups in total. The molecule has 1 saturated heterocycles. The number of halogens is 1. The second-order valence-corrected chi connectivity index (χ2v) is 10.0. The van der Waals surface area contributed by atoms with E-state index in [-0.39, 0.29) is 29.0 Å². The van der Waals surface area contributed by atoms with E-state index in [2.05, 4.69) is 33.8 Å². The Morgan fingerprint density at radius 2 is 1.69 bits per heavy atom. The van der Waals surface area contributed by atoms with Crippen LogP contribution in [0, 0.1) is 29.2 Å². The molecule has 5 rings (SSSR count). The predicted octanol–water partition coefficient (Wildman–Crippen LogP) is 5.18. The Kier molecular flexibility index (Phi) is 7.05. The van der Waals surface area contributed by atoms with Gasteiger partial charge in [-0.25, -0.2) is 0 Å². The van der Waals surface area contributed by atoms with Crippen molar-refractivity contribution in [1.82, 2.24) is 14.5 Å². The van der Waals surface area contributed by atoms with Crippen molar-refractivity contribution in [3.8, 4) is 12.1 Å². The van der Waals surface area contributed by atoms with Gasteiger partial charge in [-0.15, -0.1) is 4.98 Å². The summed E-state index contributed by atoms with van der Waals surface area (Å²) >= 11 is 6.19. The molecular formula is C30H24ClN7O. The maximum Gasteiger partial charge on any atom is 0.271 e. The summed E-state index contributed by atoms with van der Waals surface area (Å²) in [5.74, 6) is 0.210. The Balaban J connectivity index is 1.56. The van der Waals surface area contributed by atoms with E-state index < -0.39 is 0 Å². The van der Waals surface area contributed by atoms with Crippen LogP contribution in [0.1, 0.15) is 35.2 Å². The van der Waals surface area contributed by atoms with Crippen LogP contribution >= 0.6 is 11.6 Å². The standard InChI is InChI=1S/C30H24ClN7O/c1-19-18-37(29-24(17-33)30(39)36(3)25-12-13-26(34-2)35-27(25)29)14-15-38(19)28(22-8-10-23(31)11-9-22)21-6-4-20(16-32)5-7-21/h4-13,19,28H,14-15,18H2,1,3H3/t19-,28?/m1/s1. The van der Waals surface area contributed by atoms with E-state index in [1.807, 2.05) is 53.4 Å². The van der Waals surface area contributed by atoms with E-state index in [1.165, 1.54) is 4.57 Å². The molecule has 0 aliphatic carbocycles. The van der Waals surface area contributed by atoms with E-state index in [1.54, 1.807) is 19.2 Å². The van der Waals surface area contributed by atoms with Crippen LogP contribution in [0.4, 0.5) is 11.5 Å². The lowest BCUT2D eigenvalue weighted by atomic mass is 9.94. The van der Waals surface area contributed by atoms with Crippen LogP contribution in [-0.4, -0.2) is 40.1 Å². The fourth-order valence-corrected chi connectivity index (χ4v) is 5.50. The van der Waals surface area contributed by atoms with Crippen LogP contribution in [0.15, 0.2) is 65.5 Å². The molecule has 2 aromatic heterocycles. The smallest absolute Gasteiger partial charge is 0.271 e. The van der Waals surface area contributed by atoms with Gasteiger partial charge in [0.25, 0.3) is 11.4 Å². The van der Waals surface area contributed by atoms with Gasteiger partial charge in [-0.05, 0) is 54.4 Å². The molecule has 2 atom stereocenters. The minimum atomic E-state index is -0.385. The SMILES string of the molecule is [C-]#[N+]c1ccc2c(n1)c(N1CCN(C(c3ccc(Cl)cc3)c3ccc(C#N)cc3)[C@H](C)C1)c(C#N)c(=O)n2C. The van der Waals surface area contributed by atoms with Gasteiger partial charge in [0.2, 0.25) is 5.52 Å². The normalized spacial score (nSPS) is 16.3. The number of rotatable bonds is 4. The predicted molar refractivity (Wildman–Crippen MR) is 151 cm³/mol. The van der Waals surface area contributed by atoms with Crippen molar-refractivity contribution >= 4 is 34.1 Å². The van der Waals surface area contributed by atoms with Crippen LogP contribution in [-0.2, 0) is 7.05 Å². The van der Waals surface area contributed by atoms with Gasteiger partial charge >= 0.3 is 0 Å². The highest BCUT2D eigenvalue weighted by atomic mass is 35.5. The first-order chi connectivity index (χ1) is 18.9. The molecule has 2 aromatic carbocycles. The van der Waals surface area contributed by atoms with E-state index in [0.29, 0.717) is 46.9 Å². The number of hydrogen-bond acceptors (Lipinski definition) is 6. The quantitative estimate of drug-likeness (QED) is 0.335. The van der Waals surface area contributed by atoms with Crippen LogP contribution in [0.2, 0.25) is 5.02 Å². The molecule has 192 valence electrons. The van der Waals surface area contributed by atoms with Gasteiger partial charge in [0.15, 0.2) is 0 Å². The number of benzene rings is 2. The Hall–Kier alpha value is -4.68. The number of pyridine rings is 2. The number of hydrogen-bond donors (Lipinski definition) is 0. The molecular weight excluding hydrogens is 510 g/mol. The molecule has 1 unspecified atom stereocenters. The highest BCUT2D eigenvalue weighted by Gasteiger charge is 2.34. The van der Waals surface area contributed by atoms with Gasteiger partial charge in [-0.3, -0.25) is 9.69 Å². The van der Waals surface area contributed by atoms with E-state index in [0.717, 1.165) is 11.1 Å². The van der Waals surface area contributed by atoms with Gasteiger partial charge in [0.1, 0.15) is 17.3 Å². The molecule has 0 spiro atoms. The maximum absolute atomic E-state index is 13.1. The minimum absolute atomic E-state index is 0.0183. The molecule has 39 heavy (non-hydrogen) atoms. The Morgan fingerprint density at radius 1 is 1.03 bits per heavy atom. The summed E-state index contributed by atoms with van der Waals surface area (Å²) in [5, 5.41) is 19.9. The molecule has 0 saturated carbocycles. The first kappa shape index (κ1) is 25.9. The average Bonchev–Trinajstić information content (AvgIpc) is 2.96. The Bertz CT molecular complexity index is 1740. The number of aryl methyl sites for hydroxylation is 1. The molecule has 1 aliphatic heterocycles. The van der Waals surface area contributed by atoms with Gasteiger partial charge < -0.3 is 14.3 Å². The van der Waals surface area contributed by atoms with Gasteiger partial charge in [-0.1, -0.05) is 42.4 Å². The minimum Gasteiger partial charge on any atom is -0.364 e. The molecule has 4 aromatic rings. The fraction of sp³-hybridized carbons (Fsp3) is 0.233. The summed E-state index contributed by atoms with van der Waals surface area (Å²) in [4.78, 5) is 25.5. The zero-order chi connectivity index (χ0) is 27.7. The van der Waals surface area contributed by atoms with Crippen molar-refractivity contribution in [2.75, 3.05) is 24.5 Å². The van der Waals surface area contributed by atoms with Crippen molar-refractivity contribution in [2.45, 2.75) is 19.0 Å². The molecule has 9 heteroatoms. The third-order valence-electron chi connectivity index (χ3n) is 7.29. The highest BCUT2D eigenvalue weighted by molar-refractivity contribution is 6.30. The molecule has 1 aliphatic rings. The summed E-state index contributed by atoms with van der Waals surface area (Å²) in [6.45, 7) is 11.3. The summed E-state index contributed by atoms with van der Waals surface area (Å²) in [7, 11) is 1.61. The third kappa shape index (κ3) is 4.71. The van der Waals surface area contributed by atoms with E-state index in [9.17, 15) is 15.3 Å². The van der Waals surface area contributed by atoms with Crippen molar-refractivity contribution < 1.29 is 0 Å². The maximum atomic E-state index is 13.1. The second kappa shape index (κ2) is 10.6. The highest BCUT2D eigenvalue weighted by Crippen LogP contribution is 2.36. The number of nitriles is 2. The third-order valence-corrected chi connectivity index (χ3v) is 7.55. The average molecular weight is 534 g/mol. The zero-order valence-corrected chi connectivity index (χ0v) is 22.2. The number of nitrogens with zero attached hydrogens (tertiary/aromatic N) is 7. The zero-order valence-electron chi connectivity index (χ0n) is 21.5. The van der Waals surface area contributed by atoms with E-state index in [4.69, 9.17) is 18.2 Å². The van der Waals surface area contributed by atoms with Crippen molar-refractivity contribution in [3.05, 3.63) is 110 Å². The number of aromatic nitrogens is 2. The van der Waals surface area contributed by atoms with Crippen molar-refractivity contribution in [2.24, 2.45) is 7.05 Å². The van der Waals surface area contributed by atoms with Gasteiger partial charge in [-0.2, -0.15) is 10.5 Å². The van der Waals surface area contributed by atoms with E-state index >= 15 is 0 Å². The van der Waals surface area contributed by atoms with Crippen LogP contribution < -0.4 is 10.5 Å². The number of anilines is 1. The second-order valence-electron chi connectivity index (χ2n) is 9.57. The lowest BCUT2D eigenvalue weighted by molar-refractivity contribution is 0.150. The Labute approximate surface area is 231 Å². The van der Waals surface area contributed by atoms with Crippen molar-refractivity contribution in [1.29, 1.82) is 10.5 Å². The van der Waals surface area contributed by atoms with Gasteiger partial charge in [0.05, 0.1) is 23.2 Å². The lowest BCUT2D eigenvalue weighted by Gasteiger charge is -2.45. The van der Waals surface area contributed by atoms with Crippen LogP contribution in [0.3, 0.4) is 0 Å². The first-order valence-electron chi connectivity index (χ1n) is 12.4. The number of fused-ring (bicyclic) bond motifs is 1. The monoisotopic (exact) mass is 533 g/mol. The molecule has 0 radical (unpaired) electrons. The molecule has 3 heterocycles. The van der Waals surface area contributed by atoms with Crippen LogP contribution in [0.5, 0.6) is 0 Å². The summed E-state index contributed by atoms with van der Waals surface area (Å²) in [6.07, 6.45) is 0. The molecule has 0 amide bonds. The van der Waals surface area contributed by atoms with Crippen molar-refractivity contribution in [3.63, 3.8) is 0 Å². The first-order valence-corrected chi connectivity index (χ1v) is 12.8. The largest absolute Gasteiger partial charge is 0.364 e. The molecule has 8 nitrogen and oxygen atoms in total. The lowest BCUT2D eigenvalue weighted by Crippen LogP contribution is -2.53. The fourth-order valence-electron chi connectivity index (χ4n) is 5.37. The topological polar surface area (TPSA) is 93.3 Å². The van der Waals surface area contributed by atoms with Gasteiger partial charge in [0, 0.05) is 37.7 Å². The molecule has 0 bridgehead atoms. The number of piperazine rings is 1. The summed E-state index contributed by atoms with van der Waals surface area (Å²) in [6, 6.07) is 22.9. The summed E-state index contributed by atoms with van der Waals surface area (Å²) in [5.41, 5.74) is 3.90. The molecule has 1 fully saturated rings. The summed E-state index contributed by atoms with van der Waals surface area (Å²) < 4.78 is 1.42.